The van der Waals surface area contributed by atoms with E-state index in [1.54, 1.807) is 23.0 Å². The summed E-state index contributed by atoms with van der Waals surface area (Å²) in [6.07, 6.45) is 4.41. The first kappa shape index (κ1) is 18.2. The highest BCUT2D eigenvalue weighted by molar-refractivity contribution is 5.88. The number of amides is 3. The Labute approximate surface area is 154 Å². The van der Waals surface area contributed by atoms with E-state index >= 15 is 0 Å². The predicted molar refractivity (Wildman–Crippen MR) is 102 cm³/mol. The number of rotatable bonds is 5. The predicted octanol–water partition coefficient (Wildman–Crippen LogP) is 2.78. The Morgan fingerprint density at radius 1 is 1.27 bits per heavy atom. The number of nitrogens with one attached hydrogen (secondary N) is 1. The summed E-state index contributed by atoms with van der Waals surface area (Å²) in [6, 6.07) is 9.28. The van der Waals surface area contributed by atoms with E-state index in [9.17, 15) is 9.59 Å². The maximum absolute atomic E-state index is 12.8. The number of benzene rings is 1. The van der Waals surface area contributed by atoms with Crippen LogP contribution in [0.15, 0.2) is 36.5 Å². The van der Waals surface area contributed by atoms with Gasteiger partial charge in [-0.15, -0.1) is 0 Å². The fourth-order valence-corrected chi connectivity index (χ4v) is 3.41. The van der Waals surface area contributed by atoms with Crippen LogP contribution in [0.25, 0.3) is 10.9 Å². The van der Waals surface area contributed by atoms with E-state index in [0.717, 1.165) is 29.3 Å². The van der Waals surface area contributed by atoms with Crippen molar-refractivity contribution >= 4 is 22.8 Å². The lowest BCUT2D eigenvalue weighted by atomic mass is 10.0. The van der Waals surface area contributed by atoms with Gasteiger partial charge >= 0.3 is 6.03 Å². The van der Waals surface area contributed by atoms with Crippen LogP contribution in [0.5, 0.6) is 0 Å². The first-order valence-corrected chi connectivity index (χ1v) is 9.24. The number of fused-ring (bicyclic) bond motifs is 1. The van der Waals surface area contributed by atoms with Crippen molar-refractivity contribution in [1.82, 2.24) is 20.1 Å². The van der Waals surface area contributed by atoms with Crippen molar-refractivity contribution in [3.8, 4) is 0 Å². The Kier molecular flexibility index (Phi) is 5.71. The number of nitrogens with zero attached hydrogens (tertiary/aromatic N) is 3. The Morgan fingerprint density at radius 3 is 2.88 bits per heavy atom. The zero-order valence-corrected chi connectivity index (χ0v) is 15.4. The third-order valence-electron chi connectivity index (χ3n) is 4.98. The number of unbranched alkanes of at least 4 members (excludes halogenated alkanes) is 1. The van der Waals surface area contributed by atoms with Gasteiger partial charge in [-0.3, -0.25) is 9.78 Å². The van der Waals surface area contributed by atoms with Gasteiger partial charge in [-0.05, 0) is 24.1 Å². The number of para-hydroxylation sites is 1. The SMILES string of the molecule is CCCC[C@@H]1C(=O)N(C)CCN1C(=O)NCc1ccnc2ccccc12. The number of hydrogen-bond acceptors (Lipinski definition) is 3. The minimum Gasteiger partial charge on any atom is -0.342 e. The van der Waals surface area contributed by atoms with Crippen LogP contribution in [0.3, 0.4) is 0 Å². The molecular formula is C20H26N4O2. The molecule has 0 bridgehead atoms. The molecule has 0 unspecified atom stereocenters. The number of carbonyl (C=O) groups excluding carboxylic acids is 2. The molecule has 1 saturated heterocycles. The standard InChI is InChI=1S/C20H26N4O2/c1-3-4-9-18-19(25)23(2)12-13-24(18)20(26)22-14-15-10-11-21-17-8-6-5-7-16(15)17/h5-8,10-11,18H,3-4,9,12-14H2,1-2H3,(H,22,26)/t18-/m1/s1. The maximum Gasteiger partial charge on any atom is 0.318 e. The van der Waals surface area contributed by atoms with Crippen molar-refractivity contribution < 1.29 is 9.59 Å². The van der Waals surface area contributed by atoms with Crippen LogP contribution in [0.4, 0.5) is 4.79 Å². The molecule has 6 nitrogen and oxygen atoms in total. The molecule has 3 rings (SSSR count). The molecule has 2 heterocycles. The number of carbonyl (C=O) groups is 2. The van der Waals surface area contributed by atoms with Crippen molar-refractivity contribution in [2.45, 2.75) is 38.8 Å². The number of pyridine rings is 1. The molecule has 0 radical (unpaired) electrons. The average Bonchev–Trinajstić information content (AvgIpc) is 2.67. The van der Waals surface area contributed by atoms with Crippen molar-refractivity contribution in [3.63, 3.8) is 0 Å². The molecule has 1 N–H and O–H groups in total. The van der Waals surface area contributed by atoms with Crippen LogP contribution in [0, 0.1) is 0 Å². The normalized spacial score (nSPS) is 17.6. The smallest absolute Gasteiger partial charge is 0.318 e. The summed E-state index contributed by atoms with van der Waals surface area (Å²) in [4.78, 5) is 33.0. The molecule has 1 aliphatic heterocycles. The number of aromatic nitrogens is 1. The Morgan fingerprint density at radius 2 is 2.08 bits per heavy atom. The summed E-state index contributed by atoms with van der Waals surface area (Å²) in [6.45, 7) is 3.66. The van der Waals surface area contributed by atoms with Crippen LogP contribution >= 0.6 is 0 Å². The summed E-state index contributed by atoms with van der Waals surface area (Å²) in [5, 5.41) is 4.03. The van der Waals surface area contributed by atoms with E-state index in [1.807, 2.05) is 30.3 Å². The zero-order chi connectivity index (χ0) is 18.5. The Bertz CT molecular complexity index is 787. The molecule has 26 heavy (non-hydrogen) atoms. The van der Waals surface area contributed by atoms with Crippen molar-refractivity contribution in [1.29, 1.82) is 0 Å². The van der Waals surface area contributed by atoms with Crippen LogP contribution in [-0.2, 0) is 11.3 Å². The van der Waals surface area contributed by atoms with Crippen molar-refractivity contribution in [2.24, 2.45) is 0 Å². The van der Waals surface area contributed by atoms with E-state index in [0.29, 0.717) is 26.1 Å². The monoisotopic (exact) mass is 354 g/mol. The van der Waals surface area contributed by atoms with E-state index in [4.69, 9.17) is 0 Å². The van der Waals surface area contributed by atoms with E-state index in [-0.39, 0.29) is 18.0 Å². The van der Waals surface area contributed by atoms with Crippen LogP contribution in [0.1, 0.15) is 31.7 Å². The highest BCUT2D eigenvalue weighted by atomic mass is 16.2. The summed E-state index contributed by atoms with van der Waals surface area (Å²) in [7, 11) is 1.81. The number of likely N-dealkylation sites (N-methyl/N-ethyl adjacent to an activating group) is 1. The van der Waals surface area contributed by atoms with Gasteiger partial charge < -0.3 is 15.1 Å². The van der Waals surface area contributed by atoms with E-state index in [2.05, 4.69) is 17.2 Å². The largest absolute Gasteiger partial charge is 0.342 e. The summed E-state index contributed by atoms with van der Waals surface area (Å²) < 4.78 is 0. The second-order valence-corrected chi connectivity index (χ2v) is 6.76. The second-order valence-electron chi connectivity index (χ2n) is 6.76. The van der Waals surface area contributed by atoms with Crippen LogP contribution in [-0.4, -0.2) is 52.9 Å². The fourth-order valence-electron chi connectivity index (χ4n) is 3.41. The molecule has 0 aliphatic carbocycles. The average molecular weight is 354 g/mol. The molecule has 1 aliphatic rings. The van der Waals surface area contributed by atoms with Crippen molar-refractivity contribution in [2.75, 3.05) is 20.1 Å². The lowest BCUT2D eigenvalue weighted by Crippen LogP contribution is -2.59. The van der Waals surface area contributed by atoms with Gasteiger partial charge in [0.15, 0.2) is 0 Å². The number of piperazine rings is 1. The molecule has 1 aromatic carbocycles. The molecule has 2 aromatic rings. The molecule has 1 fully saturated rings. The van der Waals surface area contributed by atoms with Gasteiger partial charge in [0.1, 0.15) is 6.04 Å². The Hall–Kier alpha value is -2.63. The molecular weight excluding hydrogens is 328 g/mol. The summed E-state index contributed by atoms with van der Waals surface area (Å²) in [5.41, 5.74) is 1.93. The molecule has 0 spiro atoms. The van der Waals surface area contributed by atoms with Crippen LogP contribution in [0.2, 0.25) is 0 Å². The fraction of sp³-hybridized carbons (Fsp3) is 0.450. The number of urea groups is 1. The third-order valence-corrected chi connectivity index (χ3v) is 4.98. The minimum absolute atomic E-state index is 0.0363. The maximum atomic E-state index is 12.8. The van der Waals surface area contributed by atoms with Gasteiger partial charge in [-0.1, -0.05) is 38.0 Å². The topological polar surface area (TPSA) is 65.5 Å². The quantitative estimate of drug-likeness (QED) is 0.898. The van der Waals surface area contributed by atoms with Gasteiger partial charge in [0.05, 0.1) is 5.52 Å². The molecule has 3 amide bonds. The number of hydrogen-bond donors (Lipinski definition) is 1. The highest BCUT2D eigenvalue weighted by Gasteiger charge is 2.35. The Balaban J connectivity index is 1.70. The second kappa shape index (κ2) is 8.17. The molecule has 0 saturated carbocycles. The minimum atomic E-state index is -0.358. The summed E-state index contributed by atoms with van der Waals surface area (Å²) in [5.74, 6) is 0.0363. The van der Waals surface area contributed by atoms with E-state index < -0.39 is 0 Å². The summed E-state index contributed by atoms with van der Waals surface area (Å²) >= 11 is 0. The molecule has 138 valence electrons. The van der Waals surface area contributed by atoms with Gasteiger partial charge in [0, 0.05) is 38.3 Å². The van der Waals surface area contributed by atoms with Gasteiger partial charge in [0.2, 0.25) is 5.91 Å². The van der Waals surface area contributed by atoms with Gasteiger partial charge in [-0.25, -0.2) is 4.79 Å². The first-order valence-electron chi connectivity index (χ1n) is 9.24. The van der Waals surface area contributed by atoms with Crippen LogP contribution < -0.4 is 5.32 Å². The lowest BCUT2D eigenvalue weighted by molar-refractivity contribution is -0.138. The van der Waals surface area contributed by atoms with Gasteiger partial charge in [-0.2, -0.15) is 0 Å². The third kappa shape index (κ3) is 3.79. The zero-order valence-electron chi connectivity index (χ0n) is 15.4. The molecule has 1 atom stereocenters. The molecule has 6 heteroatoms. The van der Waals surface area contributed by atoms with Crippen molar-refractivity contribution in [3.05, 3.63) is 42.1 Å². The van der Waals surface area contributed by atoms with Gasteiger partial charge in [0.25, 0.3) is 0 Å². The first-order chi connectivity index (χ1) is 12.6. The molecule has 1 aromatic heterocycles. The van der Waals surface area contributed by atoms with E-state index in [1.165, 1.54) is 0 Å². The lowest BCUT2D eigenvalue weighted by Gasteiger charge is -2.39. The highest BCUT2D eigenvalue weighted by Crippen LogP contribution is 2.18.